The number of phenolic OH excluding ortho intramolecular Hbond substituents is 1. The van der Waals surface area contributed by atoms with Gasteiger partial charge < -0.3 is 16.2 Å². The molecule has 4 N–H and O–H groups in total. The maximum absolute atomic E-state index is 12.0. The molecule has 1 fully saturated rings. The van der Waals surface area contributed by atoms with Gasteiger partial charge in [-0.1, -0.05) is 31.9 Å². The van der Waals surface area contributed by atoms with E-state index in [0.29, 0.717) is 18.3 Å². The van der Waals surface area contributed by atoms with E-state index in [0.717, 1.165) is 12.1 Å². The van der Waals surface area contributed by atoms with Crippen LogP contribution in [0.1, 0.15) is 31.7 Å². The highest BCUT2D eigenvalue weighted by molar-refractivity contribution is 5.81. The number of nitrogens with two attached hydrogens (primary N) is 1. The quantitative estimate of drug-likeness (QED) is 0.768. The van der Waals surface area contributed by atoms with Gasteiger partial charge in [-0.25, -0.2) is 0 Å². The lowest BCUT2D eigenvalue weighted by molar-refractivity contribution is -0.122. The molecular formula is C16H24N2O2. The zero-order valence-corrected chi connectivity index (χ0v) is 12.0. The Morgan fingerprint density at radius 2 is 2.10 bits per heavy atom. The first-order chi connectivity index (χ1) is 9.56. The van der Waals surface area contributed by atoms with Crippen LogP contribution in [0.2, 0.25) is 0 Å². The van der Waals surface area contributed by atoms with E-state index < -0.39 is 6.04 Å². The van der Waals surface area contributed by atoms with Crippen LogP contribution in [0.15, 0.2) is 24.3 Å². The number of carbonyl (C=O) groups is 1. The molecular weight excluding hydrogens is 252 g/mol. The molecule has 0 heterocycles. The molecule has 1 aromatic rings. The molecule has 1 amide bonds. The normalized spacial score (nSPS) is 23.5. The maximum atomic E-state index is 12.0. The molecule has 20 heavy (non-hydrogen) atoms. The second-order valence-corrected chi connectivity index (χ2v) is 5.89. The summed E-state index contributed by atoms with van der Waals surface area (Å²) in [6.45, 7) is 2.99. The van der Waals surface area contributed by atoms with Crippen LogP contribution in [0.5, 0.6) is 5.75 Å². The van der Waals surface area contributed by atoms with Gasteiger partial charge in [-0.05, 0) is 42.4 Å². The van der Waals surface area contributed by atoms with Gasteiger partial charge in [0.15, 0.2) is 0 Å². The van der Waals surface area contributed by atoms with Crippen molar-refractivity contribution in [2.24, 2.45) is 17.6 Å². The molecule has 1 saturated carbocycles. The van der Waals surface area contributed by atoms with Crippen LogP contribution < -0.4 is 11.1 Å². The Morgan fingerprint density at radius 3 is 2.70 bits per heavy atom. The standard InChI is InChI=1S/C16H24N2O2/c1-11-3-2-4-13(11)10-18-16(20)15(17)9-12-5-7-14(19)8-6-12/h5-8,11,13,15,19H,2-4,9-10,17H2,1H3,(H,18,20)/t11?,13?,15-/m1/s1. The minimum atomic E-state index is -0.531. The van der Waals surface area contributed by atoms with Gasteiger partial charge in [0, 0.05) is 6.54 Å². The van der Waals surface area contributed by atoms with Crippen molar-refractivity contribution in [1.82, 2.24) is 5.32 Å². The van der Waals surface area contributed by atoms with E-state index in [-0.39, 0.29) is 11.7 Å². The molecule has 1 aromatic carbocycles. The Balaban J connectivity index is 1.78. The predicted octanol–water partition coefficient (Wildman–Crippen LogP) is 1.81. The van der Waals surface area contributed by atoms with Crippen LogP contribution in [0, 0.1) is 11.8 Å². The van der Waals surface area contributed by atoms with Crippen LogP contribution in [-0.4, -0.2) is 23.6 Å². The molecule has 1 aliphatic rings. The lowest BCUT2D eigenvalue weighted by Crippen LogP contribution is -2.43. The van der Waals surface area contributed by atoms with Crippen molar-refractivity contribution < 1.29 is 9.90 Å². The van der Waals surface area contributed by atoms with Crippen molar-refractivity contribution in [1.29, 1.82) is 0 Å². The van der Waals surface area contributed by atoms with Crippen LogP contribution in [0.4, 0.5) is 0 Å². The zero-order valence-electron chi connectivity index (χ0n) is 12.0. The highest BCUT2D eigenvalue weighted by Gasteiger charge is 2.24. The lowest BCUT2D eigenvalue weighted by atomic mass is 9.98. The van der Waals surface area contributed by atoms with E-state index >= 15 is 0 Å². The van der Waals surface area contributed by atoms with Gasteiger partial charge in [0.2, 0.25) is 5.91 Å². The Hall–Kier alpha value is -1.55. The topological polar surface area (TPSA) is 75.4 Å². The SMILES string of the molecule is CC1CCCC1CNC(=O)[C@H](N)Cc1ccc(O)cc1. The third kappa shape index (κ3) is 3.97. The van der Waals surface area contributed by atoms with Crippen LogP contribution in [-0.2, 0) is 11.2 Å². The van der Waals surface area contributed by atoms with Gasteiger partial charge in [0.05, 0.1) is 6.04 Å². The van der Waals surface area contributed by atoms with Crippen molar-refractivity contribution >= 4 is 5.91 Å². The number of rotatable bonds is 5. The molecule has 1 aliphatic carbocycles. The van der Waals surface area contributed by atoms with E-state index in [2.05, 4.69) is 12.2 Å². The second kappa shape index (κ2) is 6.75. The Kier molecular flexibility index (Phi) is 5.01. The van der Waals surface area contributed by atoms with Crippen molar-refractivity contribution in [3.8, 4) is 5.75 Å². The number of phenols is 1. The smallest absolute Gasteiger partial charge is 0.237 e. The van der Waals surface area contributed by atoms with Crippen LogP contribution in [0.25, 0.3) is 0 Å². The summed E-state index contributed by atoms with van der Waals surface area (Å²) in [4.78, 5) is 12.0. The molecule has 0 aliphatic heterocycles. The molecule has 2 unspecified atom stereocenters. The maximum Gasteiger partial charge on any atom is 0.237 e. The second-order valence-electron chi connectivity index (χ2n) is 5.89. The minimum absolute atomic E-state index is 0.0859. The number of hydrogen-bond acceptors (Lipinski definition) is 3. The van der Waals surface area contributed by atoms with Crippen molar-refractivity contribution in [2.75, 3.05) is 6.54 Å². The van der Waals surface area contributed by atoms with Gasteiger partial charge in [-0.2, -0.15) is 0 Å². The fourth-order valence-corrected chi connectivity index (χ4v) is 2.87. The largest absolute Gasteiger partial charge is 0.508 e. The fourth-order valence-electron chi connectivity index (χ4n) is 2.87. The number of carbonyl (C=O) groups excluding carboxylic acids is 1. The Labute approximate surface area is 120 Å². The van der Waals surface area contributed by atoms with Gasteiger partial charge in [-0.15, -0.1) is 0 Å². The van der Waals surface area contributed by atoms with Gasteiger partial charge in [-0.3, -0.25) is 4.79 Å². The molecule has 4 nitrogen and oxygen atoms in total. The highest BCUT2D eigenvalue weighted by atomic mass is 16.3. The highest BCUT2D eigenvalue weighted by Crippen LogP contribution is 2.30. The van der Waals surface area contributed by atoms with E-state index in [1.165, 1.54) is 19.3 Å². The summed E-state index contributed by atoms with van der Waals surface area (Å²) in [5.74, 6) is 1.43. The molecule has 0 bridgehead atoms. The number of benzene rings is 1. The third-order valence-electron chi connectivity index (χ3n) is 4.31. The van der Waals surface area contributed by atoms with Gasteiger partial charge in [0.1, 0.15) is 5.75 Å². The molecule has 2 rings (SSSR count). The van der Waals surface area contributed by atoms with Gasteiger partial charge in [0.25, 0.3) is 0 Å². The molecule has 0 radical (unpaired) electrons. The minimum Gasteiger partial charge on any atom is -0.508 e. The average molecular weight is 276 g/mol. The number of amides is 1. The van der Waals surface area contributed by atoms with Crippen molar-refractivity contribution in [2.45, 2.75) is 38.6 Å². The molecule has 0 saturated heterocycles. The summed E-state index contributed by atoms with van der Waals surface area (Å²) in [5.41, 5.74) is 6.89. The zero-order chi connectivity index (χ0) is 14.5. The Morgan fingerprint density at radius 1 is 1.40 bits per heavy atom. The molecule has 4 heteroatoms. The average Bonchev–Trinajstić information content (AvgIpc) is 2.84. The van der Waals surface area contributed by atoms with E-state index in [9.17, 15) is 9.90 Å². The summed E-state index contributed by atoms with van der Waals surface area (Å²) < 4.78 is 0. The third-order valence-corrected chi connectivity index (χ3v) is 4.31. The van der Waals surface area contributed by atoms with E-state index in [1.807, 2.05) is 0 Å². The van der Waals surface area contributed by atoms with Gasteiger partial charge >= 0.3 is 0 Å². The van der Waals surface area contributed by atoms with Crippen molar-refractivity contribution in [3.05, 3.63) is 29.8 Å². The van der Waals surface area contributed by atoms with E-state index in [1.54, 1.807) is 24.3 Å². The Bertz CT molecular complexity index is 444. The first-order valence-corrected chi connectivity index (χ1v) is 7.37. The molecule has 3 atom stereocenters. The molecule has 0 spiro atoms. The fraction of sp³-hybridized carbons (Fsp3) is 0.562. The monoisotopic (exact) mass is 276 g/mol. The first kappa shape index (κ1) is 14.9. The molecule has 110 valence electrons. The summed E-state index contributed by atoms with van der Waals surface area (Å²) in [6.07, 6.45) is 4.22. The predicted molar refractivity (Wildman–Crippen MR) is 79.3 cm³/mol. The number of aromatic hydroxyl groups is 1. The summed E-state index contributed by atoms with van der Waals surface area (Å²) >= 11 is 0. The summed E-state index contributed by atoms with van der Waals surface area (Å²) in [7, 11) is 0. The first-order valence-electron chi connectivity index (χ1n) is 7.37. The lowest BCUT2D eigenvalue weighted by Gasteiger charge is -2.18. The number of nitrogens with one attached hydrogen (secondary N) is 1. The number of hydrogen-bond donors (Lipinski definition) is 3. The summed E-state index contributed by atoms with van der Waals surface area (Å²) in [5, 5.41) is 12.2. The van der Waals surface area contributed by atoms with E-state index in [4.69, 9.17) is 5.73 Å². The van der Waals surface area contributed by atoms with Crippen LogP contribution >= 0.6 is 0 Å². The van der Waals surface area contributed by atoms with Crippen molar-refractivity contribution in [3.63, 3.8) is 0 Å². The van der Waals surface area contributed by atoms with Crippen LogP contribution in [0.3, 0.4) is 0 Å². The summed E-state index contributed by atoms with van der Waals surface area (Å²) in [6, 6.07) is 6.28. The molecule has 0 aromatic heterocycles.